The minimum absolute atomic E-state index is 0. The molecule has 124 valence electrons. The summed E-state index contributed by atoms with van der Waals surface area (Å²) < 4.78 is 0. The Labute approximate surface area is 148 Å². The summed E-state index contributed by atoms with van der Waals surface area (Å²) in [5.41, 5.74) is 0.957. The molecule has 0 aliphatic carbocycles. The third-order valence-electron chi connectivity index (χ3n) is 4.08. The summed E-state index contributed by atoms with van der Waals surface area (Å²) in [5, 5.41) is 7.77. The molecule has 6 heteroatoms. The lowest BCUT2D eigenvalue weighted by Crippen LogP contribution is -2.53. The van der Waals surface area contributed by atoms with E-state index in [9.17, 15) is 4.79 Å². The Bertz CT molecular complexity index is 510. The predicted molar refractivity (Wildman–Crippen MR) is 95.2 cm³/mol. The van der Waals surface area contributed by atoms with Crippen LogP contribution in [0.1, 0.15) is 32.3 Å². The van der Waals surface area contributed by atoms with Crippen LogP contribution in [-0.2, 0) is 11.2 Å². The zero-order valence-electron chi connectivity index (χ0n) is 12.9. The van der Waals surface area contributed by atoms with Gasteiger partial charge in [0.25, 0.3) is 0 Å². The van der Waals surface area contributed by atoms with Crippen LogP contribution >= 0.6 is 35.6 Å². The van der Waals surface area contributed by atoms with E-state index in [1.54, 1.807) is 12.1 Å². The van der Waals surface area contributed by atoms with Crippen LogP contribution in [0, 0.1) is 5.92 Å². The first-order valence-corrected chi connectivity index (χ1v) is 8.20. The zero-order chi connectivity index (χ0) is 15.4. The first kappa shape index (κ1) is 19.6. The molecule has 0 bridgehead atoms. The van der Waals surface area contributed by atoms with Crippen molar-refractivity contribution in [3.05, 3.63) is 33.8 Å². The summed E-state index contributed by atoms with van der Waals surface area (Å²) in [7, 11) is 0. The van der Waals surface area contributed by atoms with Crippen molar-refractivity contribution in [3.8, 4) is 0 Å². The highest BCUT2D eigenvalue weighted by Crippen LogP contribution is 2.23. The van der Waals surface area contributed by atoms with Crippen LogP contribution in [0.25, 0.3) is 0 Å². The van der Waals surface area contributed by atoms with Gasteiger partial charge in [-0.3, -0.25) is 4.79 Å². The quantitative estimate of drug-likeness (QED) is 0.851. The molecule has 0 radical (unpaired) electrons. The van der Waals surface area contributed by atoms with Crippen molar-refractivity contribution < 1.29 is 4.79 Å². The summed E-state index contributed by atoms with van der Waals surface area (Å²) in [6.45, 7) is 5.08. The van der Waals surface area contributed by atoms with E-state index in [-0.39, 0.29) is 30.3 Å². The highest BCUT2D eigenvalue weighted by atomic mass is 35.5. The van der Waals surface area contributed by atoms with Crippen molar-refractivity contribution in [3.63, 3.8) is 0 Å². The Morgan fingerprint density at radius 2 is 2.18 bits per heavy atom. The lowest BCUT2D eigenvalue weighted by Gasteiger charge is -2.31. The molecule has 3 atom stereocenters. The maximum Gasteiger partial charge on any atom is 0.223 e. The number of piperidine rings is 1. The highest BCUT2D eigenvalue weighted by molar-refractivity contribution is 6.35. The first-order chi connectivity index (χ1) is 9.97. The van der Waals surface area contributed by atoms with Gasteiger partial charge in [0.1, 0.15) is 0 Å². The summed E-state index contributed by atoms with van der Waals surface area (Å²) in [6.07, 6.45) is 2.76. The molecule has 22 heavy (non-hydrogen) atoms. The number of hydrogen-bond acceptors (Lipinski definition) is 2. The molecule has 0 aromatic heterocycles. The number of carbonyl (C=O) groups is 1. The van der Waals surface area contributed by atoms with E-state index in [1.807, 2.05) is 13.0 Å². The minimum Gasteiger partial charge on any atom is -0.352 e. The minimum atomic E-state index is -0.113. The third kappa shape index (κ3) is 5.31. The number of rotatable bonds is 4. The number of carbonyl (C=O) groups excluding carboxylic acids is 1. The summed E-state index contributed by atoms with van der Waals surface area (Å²) >= 11 is 12.1. The Balaban J connectivity index is 0.00000242. The van der Waals surface area contributed by atoms with Crippen LogP contribution in [0.4, 0.5) is 0 Å². The van der Waals surface area contributed by atoms with Crippen molar-refractivity contribution >= 4 is 41.5 Å². The third-order valence-corrected chi connectivity index (χ3v) is 4.67. The van der Waals surface area contributed by atoms with E-state index in [0.717, 1.165) is 24.9 Å². The fourth-order valence-electron chi connectivity index (χ4n) is 2.68. The van der Waals surface area contributed by atoms with Crippen molar-refractivity contribution in [1.29, 1.82) is 0 Å². The molecule has 1 aromatic carbocycles. The van der Waals surface area contributed by atoms with Crippen LogP contribution in [0.15, 0.2) is 18.2 Å². The van der Waals surface area contributed by atoms with Crippen LogP contribution in [0.5, 0.6) is 0 Å². The number of halogens is 3. The Hall–Kier alpha value is -0.480. The van der Waals surface area contributed by atoms with Gasteiger partial charge in [-0.1, -0.05) is 36.2 Å². The molecule has 1 aromatic rings. The average Bonchev–Trinajstić information content (AvgIpc) is 2.44. The SMILES string of the molecule is CC(Cc1ccc(Cl)cc1Cl)C(=O)NC1CCCNC1C.Cl. The van der Waals surface area contributed by atoms with Gasteiger partial charge in [-0.25, -0.2) is 0 Å². The number of amides is 1. The molecule has 0 spiro atoms. The Morgan fingerprint density at radius 3 is 2.82 bits per heavy atom. The number of nitrogens with one attached hydrogen (secondary N) is 2. The van der Waals surface area contributed by atoms with E-state index >= 15 is 0 Å². The average molecular weight is 366 g/mol. The van der Waals surface area contributed by atoms with Crippen molar-refractivity contribution in [2.45, 2.75) is 45.2 Å². The van der Waals surface area contributed by atoms with Gasteiger partial charge in [-0.05, 0) is 50.4 Å². The standard InChI is InChI=1S/C16H22Cl2N2O.ClH/c1-10(8-12-5-6-13(17)9-14(12)18)16(21)20-15-4-3-7-19-11(15)2;/h5-6,9-11,15,19H,3-4,7-8H2,1-2H3,(H,20,21);1H. The number of hydrogen-bond donors (Lipinski definition) is 2. The molecule has 2 N–H and O–H groups in total. The monoisotopic (exact) mass is 364 g/mol. The van der Waals surface area contributed by atoms with Crippen molar-refractivity contribution in [1.82, 2.24) is 10.6 Å². The van der Waals surface area contributed by atoms with Gasteiger partial charge in [0.05, 0.1) is 0 Å². The van der Waals surface area contributed by atoms with Gasteiger partial charge in [0, 0.05) is 28.0 Å². The topological polar surface area (TPSA) is 41.1 Å². The fourth-order valence-corrected chi connectivity index (χ4v) is 3.16. The Morgan fingerprint density at radius 1 is 1.45 bits per heavy atom. The van der Waals surface area contributed by atoms with Crippen LogP contribution in [0.3, 0.4) is 0 Å². The molecule has 3 nitrogen and oxygen atoms in total. The Kier molecular flexibility index (Phi) is 7.98. The highest BCUT2D eigenvalue weighted by Gasteiger charge is 2.24. The number of benzene rings is 1. The molecule has 0 saturated carbocycles. The van der Waals surface area contributed by atoms with E-state index in [2.05, 4.69) is 17.6 Å². The maximum atomic E-state index is 12.3. The molecule has 1 heterocycles. The van der Waals surface area contributed by atoms with E-state index in [1.165, 1.54) is 0 Å². The molecule has 1 fully saturated rings. The predicted octanol–water partition coefficient (Wildman–Crippen LogP) is 3.85. The van der Waals surface area contributed by atoms with Gasteiger partial charge < -0.3 is 10.6 Å². The van der Waals surface area contributed by atoms with Crippen LogP contribution in [0.2, 0.25) is 10.0 Å². The second-order valence-corrected chi connectivity index (χ2v) is 6.68. The molecular formula is C16H23Cl3N2O. The van der Waals surface area contributed by atoms with E-state index in [4.69, 9.17) is 23.2 Å². The van der Waals surface area contributed by atoms with E-state index in [0.29, 0.717) is 22.5 Å². The van der Waals surface area contributed by atoms with Crippen LogP contribution < -0.4 is 10.6 Å². The van der Waals surface area contributed by atoms with Gasteiger partial charge in [0.15, 0.2) is 0 Å². The first-order valence-electron chi connectivity index (χ1n) is 7.45. The summed E-state index contributed by atoms with van der Waals surface area (Å²) in [4.78, 5) is 12.3. The van der Waals surface area contributed by atoms with Gasteiger partial charge in [0.2, 0.25) is 5.91 Å². The lowest BCUT2D eigenvalue weighted by atomic mass is 9.96. The maximum absolute atomic E-state index is 12.3. The van der Waals surface area contributed by atoms with E-state index < -0.39 is 0 Å². The summed E-state index contributed by atoms with van der Waals surface area (Å²) in [5.74, 6) is -0.0284. The molecule has 2 rings (SSSR count). The van der Waals surface area contributed by atoms with Gasteiger partial charge in [-0.15, -0.1) is 12.4 Å². The second-order valence-electron chi connectivity index (χ2n) is 5.84. The largest absolute Gasteiger partial charge is 0.352 e. The summed E-state index contributed by atoms with van der Waals surface area (Å²) in [6, 6.07) is 5.96. The normalized spacial score (nSPS) is 22.5. The molecular weight excluding hydrogens is 343 g/mol. The molecule has 1 aliphatic rings. The molecule has 3 unspecified atom stereocenters. The fraction of sp³-hybridized carbons (Fsp3) is 0.562. The lowest BCUT2D eigenvalue weighted by molar-refractivity contribution is -0.125. The molecule has 1 aliphatic heterocycles. The van der Waals surface area contributed by atoms with Crippen LogP contribution in [-0.4, -0.2) is 24.5 Å². The molecule has 1 saturated heterocycles. The second kappa shape index (κ2) is 8.97. The van der Waals surface area contributed by atoms with Crippen molar-refractivity contribution in [2.75, 3.05) is 6.54 Å². The van der Waals surface area contributed by atoms with Gasteiger partial charge >= 0.3 is 0 Å². The molecule has 1 amide bonds. The smallest absolute Gasteiger partial charge is 0.223 e. The van der Waals surface area contributed by atoms with Gasteiger partial charge in [-0.2, -0.15) is 0 Å². The zero-order valence-corrected chi connectivity index (χ0v) is 15.2. The van der Waals surface area contributed by atoms with Crippen molar-refractivity contribution in [2.24, 2.45) is 5.92 Å².